The molecular weight excluding hydrogens is 460 g/mol. The Balaban J connectivity index is 1.61. The molecule has 0 bridgehead atoms. The second-order valence-electron chi connectivity index (χ2n) is 7.02. The monoisotopic (exact) mass is 475 g/mol. The van der Waals surface area contributed by atoms with E-state index in [0.717, 1.165) is 27.0 Å². The summed E-state index contributed by atoms with van der Waals surface area (Å²) >= 11 is 7.53. The summed E-state index contributed by atoms with van der Waals surface area (Å²) in [6.45, 7) is 2.38. The van der Waals surface area contributed by atoms with Crippen LogP contribution >= 0.6 is 22.9 Å². The van der Waals surface area contributed by atoms with Crippen molar-refractivity contribution in [1.29, 1.82) is 0 Å². The van der Waals surface area contributed by atoms with Gasteiger partial charge in [0.2, 0.25) is 0 Å². The first-order valence-electron chi connectivity index (χ1n) is 9.54. The summed E-state index contributed by atoms with van der Waals surface area (Å²) in [5.74, 6) is 0.694. The summed E-state index contributed by atoms with van der Waals surface area (Å²) in [5, 5.41) is 17.6. The highest BCUT2D eigenvalue weighted by Gasteiger charge is 2.21. The number of hydrogen-bond acceptors (Lipinski definition) is 7. The van der Waals surface area contributed by atoms with Gasteiger partial charge in [-0.25, -0.2) is 23.4 Å². The number of halogens is 3. The molecule has 1 atom stereocenters. The van der Waals surface area contributed by atoms with Crippen LogP contribution in [0.5, 0.6) is 0 Å². The molecule has 5 aromatic rings. The lowest BCUT2D eigenvalue weighted by atomic mass is 10.2. The molecule has 2 N–H and O–H groups in total. The van der Waals surface area contributed by atoms with E-state index >= 15 is 0 Å². The number of aromatic amines is 1. The van der Waals surface area contributed by atoms with Crippen LogP contribution in [0.3, 0.4) is 0 Å². The first kappa shape index (κ1) is 20.7. The van der Waals surface area contributed by atoms with Gasteiger partial charge in [-0.05, 0) is 30.7 Å². The lowest BCUT2D eigenvalue weighted by molar-refractivity contribution is 0.143. The van der Waals surface area contributed by atoms with Gasteiger partial charge < -0.3 is 5.32 Å². The van der Waals surface area contributed by atoms with Gasteiger partial charge >= 0.3 is 0 Å². The quantitative estimate of drug-likeness (QED) is 0.366. The van der Waals surface area contributed by atoms with E-state index in [-0.39, 0.29) is 11.7 Å². The summed E-state index contributed by atoms with van der Waals surface area (Å²) in [7, 11) is 0. The third-order valence-corrected chi connectivity index (χ3v) is 6.21. The normalized spacial score (nSPS) is 12.8. The molecule has 0 aromatic carbocycles. The Morgan fingerprint density at radius 3 is 2.84 bits per heavy atom. The third-order valence-electron chi connectivity index (χ3n) is 4.95. The zero-order valence-corrected chi connectivity index (χ0v) is 18.1. The van der Waals surface area contributed by atoms with E-state index in [1.54, 1.807) is 18.3 Å². The standard InChI is InChI=1S/C19H16ClF2N9S/c1-10(18-25-9-27-28-18)23-5-11-4-12(31-14(17(21)22)7-26-29-31)19-24-6-13(30(19)8-11)15-2-3-16(20)32-15/h2-4,6-10,17,23H,5H2,1H3,(H,25,27,28). The van der Waals surface area contributed by atoms with Crippen molar-refractivity contribution in [2.45, 2.75) is 25.9 Å². The van der Waals surface area contributed by atoms with Gasteiger partial charge in [-0.2, -0.15) is 5.10 Å². The van der Waals surface area contributed by atoms with Gasteiger partial charge in [0.05, 0.1) is 33.3 Å². The number of rotatable bonds is 7. The van der Waals surface area contributed by atoms with Gasteiger partial charge in [0, 0.05) is 12.7 Å². The van der Waals surface area contributed by atoms with Crippen molar-refractivity contribution in [3.63, 3.8) is 0 Å². The molecule has 0 saturated carbocycles. The van der Waals surface area contributed by atoms with Crippen molar-refractivity contribution < 1.29 is 8.78 Å². The van der Waals surface area contributed by atoms with E-state index in [9.17, 15) is 8.78 Å². The van der Waals surface area contributed by atoms with Crippen LogP contribution in [0, 0.1) is 0 Å². The van der Waals surface area contributed by atoms with Crippen LogP contribution in [-0.4, -0.2) is 39.6 Å². The van der Waals surface area contributed by atoms with Crippen molar-refractivity contribution in [3.8, 4) is 16.3 Å². The van der Waals surface area contributed by atoms with Crippen LogP contribution in [0.2, 0.25) is 4.34 Å². The molecule has 1 unspecified atom stereocenters. The highest BCUT2D eigenvalue weighted by Crippen LogP contribution is 2.33. The maximum absolute atomic E-state index is 13.6. The molecule has 0 amide bonds. The Labute approximate surface area is 189 Å². The largest absolute Gasteiger partial charge is 0.303 e. The van der Waals surface area contributed by atoms with Crippen LogP contribution in [0.4, 0.5) is 8.78 Å². The Bertz CT molecular complexity index is 1360. The number of alkyl halides is 2. The van der Waals surface area contributed by atoms with Gasteiger partial charge in [0.15, 0.2) is 5.65 Å². The molecule has 0 radical (unpaired) electrons. The van der Waals surface area contributed by atoms with Crippen LogP contribution in [0.15, 0.2) is 43.1 Å². The smallest absolute Gasteiger partial charge is 0.282 e. The second kappa shape index (κ2) is 8.37. The molecule has 0 spiro atoms. The number of aromatic nitrogens is 8. The van der Waals surface area contributed by atoms with E-state index in [4.69, 9.17) is 11.6 Å². The lowest BCUT2D eigenvalue weighted by Crippen LogP contribution is -2.20. The minimum absolute atomic E-state index is 0.0991. The third kappa shape index (κ3) is 3.76. The maximum Gasteiger partial charge on any atom is 0.282 e. The van der Waals surface area contributed by atoms with E-state index in [2.05, 4.69) is 35.8 Å². The fourth-order valence-electron chi connectivity index (χ4n) is 3.38. The van der Waals surface area contributed by atoms with Gasteiger partial charge in [0.1, 0.15) is 23.5 Å². The zero-order chi connectivity index (χ0) is 22.2. The molecule has 164 valence electrons. The molecule has 0 saturated heterocycles. The summed E-state index contributed by atoms with van der Waals surface area (Å²) in [6, 6.07) is 5.37. The predicted octanol–water partition coefficient (Wildman–Crippen LogP) is 4.20. The fourth-order valence-corrected chi connectivity index (χ4v) is 4.43. The van der Waals surface area contributed by atoms with Crippen LogP contribution in [-0.2, 0) is 6.54 Å². The van der Waals surface area contributed by atoms with E-state index in [1.807, 2.05) is 23.6 Å². The average molecular weight is 476 g/mol. The Morgan fingerprint density at radius 1 is 1.25 bits per heavy atom. The number of pyridine rings is 1. The first-order chi connectivity index (χ1) is 15.5. The number of hydrogen-bond donors (Lipinski definition) is 2. The number of fused-ring (bicyclic) bond motifs is 1. The SMILES string of the molecule is CC(NCc1cc(-n2nncc2C(F)F)c2ncc(-c3ccc(Cl)s3)n2c1)c1ncn[nH]1. The van der Waals surface area contributed by atoms with Crippen LogP contribution in [0.25, 0.3) is 21.9 Å². The molecule has 9 nitrogen and oxygen atoms in total. The summed E-state index contributed by atoms with van der Waals surface area (Å²) in [5.41, 5.74) is 2.19. The molecule has 5 rings (SSSR count). The predicted molar refractivity (Wildman–Crippen MR) is 115 cm³/mol. The molecule has 5 heterocycles. The average Bonchev–Trinajstić information content (AvgIpc) is 3.57. The van der Waals surface area contributed by atoms with Crippen LogP contribution < -0.4 is 5.32 Å². The molecule has 0 fully saturated rings. The summed E-state index contributed by atoms with van der Waals surface area (Å²) < 4.78 is 30.7. The van der Waals surface area contributed by atoms with Gasteiger partial charge in [-0.3, -0.25) is 9.50 Å². The number of nitrogens with zero attached hydrogens (tertiary/aromatic N) is 7. The van der Waals surface area contributed by atoms with Crippen molar-refractivity contribution in [2.75, 3.05) is 0 Å². The molecule has 5 aromatic heterocycles. The van der Waals surface area contributed by atoms with E-state index < -0.39 is 6.43 Å². The van der Waals surface area contributed by atoms with Gasteiger partial charge in [-0.1, -0.05) is 16.8 Å². The maximum atomic E-state index is 13.6. The molecule has 0 aliphatic rings. The number of nitrogens with one attached hydrogen (secondary N) is 2. The zero-order valence-electron chi connectivity index (χ0n) is 16.6. The minimum Gasteiger partial charge on any atom is -0.303 e. The number of imidazole rings is 1. The highest BCUT2D eigenvalue weighted by atomic mass is 35.5. The van der Waals surface area contributed by atoms with Crippen LogP contribution in [0.1, 0.15) is 36.5 Å². The number of thiophene rings is 1. The topological polar surface area (TPSA) is 102 Å². The Morgan fingerprint density at radius 2 is 2.12 bits per heavy atom. The Hall–Kier alpha value is -3.22. The molecule has 13 heteroatoms. The van der Waals surface area contributed by atoms with E-state index in [1.165, 1.54) is 17.7 Å². The second-order valence-corrected chi connectivity index (χ2v) is 8.73. The molecule has 0 aliphatic carbocycles. The molecule has 0 aliphatic heterocycles. The van der Waals surface area contributed by atoms with Gasteiger partial charge in [0.25, 0.3) is 6.43 Å². The van der Waals surface area contributed by atoms with Crippen molar-refractivity contribution in [1.82, 2.24) is 44.9 Å². The summed E-state index contributed by atoms with van der Waals surface area (Å²) in [6.07, 6.45) is 3.37. The van der Waals surface area contributed by atoms with Crippen molar-refractivity contribution in [3.05, 3.63) is 64.5 Å². The Kier molecular flexibility index (Phi) is 5.41. The highest BCUT2D eigenvalue weighted by molar-refractivity contribution is 7.19. The molecule has 32 heavy (non-hydrogen) atoms. The van der Waals surface area contributed by atoms with Crippen molar-refractivity contribution in [2.24, 2.45) is 0 Å². The fraction of sp³-hybridized carbons (Fsp3) is 0.211. The number of H-pyrrole nitrogens is 1. The first-order valence-corrected chi connectivity index (χ1v) is 10.7. The lowest BCUT2D eigenvalue weighted by Gasteiger charge is -2.14. The molecular formula is C19H16ClF2N9S. The summed E-state index contributed by atoms with van der Waals surface area (Å²) in [4.78, 5) is 9.55. The minimum atomic E-state index is -2.73. The van der Waals surface area contributed by atoms with Gasteiger partial charge in [-0.15, -0.1) is 16.4 Å². The van der Waals surface area contributed by atoms with E-state index in [0.29, 0.717) is 28.0 Å². The van der Waals surface area contributed by atoms with Crippen molar-refractivity contribution >= 4 is 28.6 Å².